The fourth-order valence-electron chi connectivity index (χ4n) is 2.17. The van der Waals surface area contributed by atoms with Gasteiger partial charge in [-0.3, -0.25) is 19.7 Å². The van der Waals surface area contributed by atoms with Gasteiger partial charge in [-0.15, -0.1) is 10.2 Å². The van der Waals surface area contributed by atoms with Gasteiger partial charge in [-0.2, -0.15) is 0 Å². The number of carbonyl (C=O) groups excluding carboxylic acids is 2. The quantitative estimate of drug-likeness (QED) is 0.613. The SMILES string of the molecule is CCCc1nnc(NC(=O)c2cc(=O)c3cc(Cl)c(C)cc3o2)s1.CN(C)C=O. The van der Waals surface area contributed by atoms with Crippen LogP contribution in [0.1, 0.15) is 34.5 Å². The number of aryl methyl sites for hydroxylation is 2. The van der Waals surface area contributed by atoms with Crippen molar-refractivity contribution in [3.05, 3.63) is 49.8 Å². The molecule has 0 saturated carbocycles. The van der Waals surface area contributed by atoms with Gasteiger partial charge in [0.05, 0.1) is 5.39 Å². The van der Waals surface area contributed by atoms with Crippen LogP contribution in [-0.2, 0) is 11.2 Å². The molecule has 0 spiro atoms. The number of halogens is 1. The second-order valence-electron chi connectivity index (χ2n) is 6.35. The fraction of sp³-hybridized carbons (Fsp3) is 0.316. The number of carbonyl (C=O) groups is 2. The zero-order valence-electron chi connectivity index (χ0n) is 16.5. The molecular formula is C19H21ClN4O4S. The highest BCUT2D eigenvalue weighted by Crippen LogP contribution is 2.23. The van der Waals surface area contributed by atoms with Crippen molar-refractivity contribution in [1.29, 1.82) is 0 Å². The number of anilines is 1. The highest BCUT2D eigenvalue weighted by atomic mass is 35.5. The van der Waals surface area contributed by atoms with Crippen molar-refractivity contribution >= 4 is 51.4 Å². The standard InChI is InChI=1S/C16H14ClN3O3S.C3H7NO/c1-3-4-14-19-20-16(24-14)18-15(22)13-7-11(21)9-6-10(17)8(2)5-12(9)23-13;1-4(2)3-5/h5-7H,3-4H2,1-2H3,(H,18,20,22);3H,1-2H3. The molecule has 2 amide bonds. The maximum absolute atomic E-state index is 12.3. The topological polar surface area (TPSA) is 105 Å². The molecule has 2 aromatic heterocycles. The van der Waals surface area contributed by atoms with Crippen molar-refractivity contribution < 1.29 is 14.0 Å². The van der Waals surface area contributed by atoms with E-state index in [1.165, 1.54) is 16.2 Å². The lowest BCUT2D eigenvalue weighted by atomic mass is 10.1. The molecule has 154 valence electrons. The van der Waals surface area contributed by atoms with E-state index in [0.29, 0.717) is 21.1 Å². The summed E-state index contributed by atoms with van der Waals surface area (Å²) < 4.78 is 5.55. The zero-order chi connectivity index (χ0) is 21.6. The monoisotopic (exact) mass is 436 g/mol. The van der Waals surface area contributed by atoms with Crippen LogP contribution in [-0.4, -0.2) is 41.5 Å². The number of hydrogen-bond acceptors (Lipinski definition) is 7. The van der Waals surface area contributed by atoms with Crippen molar-refractivity contribution in [3.63, 3.8) is 0 Å². The van der Waals surface area contributed by atoms with E-state index in [0.717, 1.165) is 35.9 Å². The normalized spacial score (nSPS) is 10.2. The van der Waals surface area contributed by atoms with Gasteiger partial charge in [0.25, 0.3) is 5.91 Å². The molecule has 10 heteroatoms. The molecule has 8 nitrogen and oxygen atoms in total. The first-order valence-corrected chi connectivity index (χ1v) is 9.94. The molecule has 0 atom stereocenters. The first kappa shape index (κ1) is 22.5. The molecule has 0 bridgehead atoms. The van der Waals surface area contributed by atoms with Crippen molar-refractivity contribution in [2.45, 2.75) is 26.7 Å². The van der Waals surface area contributed by atoms with Crippen LogP contribution in [0.4, 0.5) is 5.13 Å². The van der Waals surface area contributed by atoms with Gasteiger partial charge in [0, 0.05) is 31.6 Å². The number of amides is 2. The average Bonchev–Trinajstić information content (AvgIpc) is 3.11. The van der Waals surface area contributed by atoms with Crippen LogP contribution in [0.5, 0.6) is 0 Å². The fourth-order valence-corrected chi connectivity index (χ4v) is 3.17. The summed E-state index contributed by atoms with van der Waals surface area (Å²) in [6, 6.07) is 4.33. The third kappa shape index (κ3) is 6.10. The Morgan fingerprint density at radius 2 is 2.00 bits per heavy atom. The number of fused-ring (bicyclic) bond motifs is 1. The van der Waals surface area contributed by atoms with Crippen molar-refractivity contribution in [3.8, 4) is 0 Å². The van der Waals surface area contributed by atoms with Crippen molar-refractivity contribution in [1.82, 2.24) is 15.1 Å². The number of benzene rings is 1. The summed E-state index contributed by atoms with van der Waals surface area (Å²) in [7, 11) is 3.38. The van der Waals surface area contributed by atoms with Crippen LogP contribution in [0.15, 0.2) is 27.4 Å². The third-order valence-corrected chi connectivity index (χ3v) is 4.90. The summed E-state index contributed by atoms with van der Waals surface area (Å²) in [6.45, 7) is 3.84. The number of rotatable bonds is 5. The molecule has 3 aromatic rings. The van der Waals surface area contributed by atoms with Crippen LogP contribution in [0, 0.1) is 6.92 Å². The predicted molar refractivity (Wildman–Crippen MR) is 114 cm³/mol. The summed E-state index contributed by atoms with van der Waals surface area (Å²) in [6.07, 6.45) is 2.50. The lowest BCUT2D eigenvalue weighted by Crippen LogP contribution is -2.15. The summed E-state index contributed by atoms with van der Waals surface area (Å²) in [5.41, 5.74) is 0.754. The third-order valence-electron chi connectivity index (χ3n) is 3.59. The molecule has 0 radical (unpaired) electrons. The Labute approximate surface area is 176 Å². The minimum Gasteiger partial charge on any atom is -0.451 e. The molecule has 0 aliphatic rings. The molecule has 0 aliphatic heterocycles. The van der Waals surface area contributed by atoms with Crippen LogP contribution in [0.3, 0.4) is 0 Å². The summed E-state index contributed by atoms with van der Waals surface area (Å²) in [4.78, 5) is 35.4. The highest BCUT2D eigenvalue weighted by molar-refractivity contribution is 7.15. The lowest BCUT2D eigenvalue weighted by Gasteiger charge is -2.04. The average molecular weight is 437 g/mol. The first-order valence-electron chi connectivity index (χ1n) is 8.74. The van der Waals surface area contributed by atoms with Crippen molar-refractivity contribution in [2.75, 3.05) is 19.4 Å². The van der Waals surface area contributed by atoms with Gasteiger partial charge in [0.15, 0.2) is 11.2 Å². The molecule has 29 heavy (non-hydrogen) atoms. The maximum Gasteiger partial charge on any atom is 0.293 e. The Kier molecular flexibility index (Phi) is 7.86. The van der Waals surface area contributed by atoms with Gasteiger partial charge in [-0.05, 0) is 31.0 Å². The number of aromatic nitrogens is 2. The lowest BCUT2D eigenvalue weighted by molar-refractivity contribution is -0.115. The van der Waals surface area contributed by atoms with Gasteiger partial charge in [0.2, 0.25) is 11.5 Å². The van der Waals surface area contributed by atoms with Crippen LogP contribution in [0.25, 0.3) is 11.0 Å². The molecular weight excluding hydrogens is 416 g/mol. The Bertz CT molecular complexity index is 1080. The van der Waals surface area contributed by atoms with E-state index < -0.39 is 5.91 Å². The molecule has 1 N–H and O–H groups in total. The minimum absolute atomic E-state index is 0.0820. The molecule has 0 saturated heterocycles. The smallest absolute Gasteiger partial charge is 0.293 e. The second kappa shape index (κ2) is 10.1. The Morgan fingerprint density at radius 3 is 2.62 bits per heavy atom. The molecule has 0 aliphatic carbocycles. The second-order valence-corrected chi connectivity index (χ2v) is 7.82. The van der Waals surface area contributed by atoms with E-state index in [9.17, 15) is 14.4 Å². The first-order chi connectivity index (χ1) is 13.7. The van der Waals surface area contributed by atoms with Gasteiger partial charge < -0.3 is 9.32 Å². The highest BCUT2D eigenvalue weighted by Gasteiger charge is 2.15. The number of nitrogens with one attached hydrogen (secondary N) is 1. The van der Waals surface area contributed by atoms with Crippen LogP contribution in [0.2, 0.25) is 5.02 Å². The zero-order valence-corrected chi connectivity index (χ0v) is 18.1. The van der Waals surface area contributed by atoms with Crippen LogP contribution >= 0.6 is 22.9 Å². The predicted octanol–water partition coefficient (Wildman–Crippen LogP) is 3.52. The minimum atomic E-state index is -0.541. The van der Waals surface area contributed by atoms with E-state index in [4.69, 9.17) is 16.0 Å². The Balaban J connectivity index is 0.000000537. The van der Waals surface area contributed by atoms with Gasteiger partial charge in [-0.25, -0.2) is 0 Å². The Morgan fingerprint density at radius 1 is 1.31 bits per heavy atom. The molecule has 0 unspecified atom stereocenters. The van der Waals surface area contributed by atoms with Gasteiger partial charge in [0.1, 0.15) is 10.6 Å². The summed E-state index contributed by atoms with van der Waals surface area (Å²) in [5.74, 6) is -0.623. The van der Waals surface area contributed by atoms with Crippen molar-refractivity contribution in [2.24, 2.45) is 0 Å². The largest absolute Gasteiger partial charge is 0.451 e. The van der Waals surface area contributed by atoms with Gasteiger partial charge >= 0.3 is 0 Å². The Hall–Kier alpha value is -2.78. The van der Waals surface area contributed by atoms with E-state index in [1.54, 1.807) is 33.2 Å². The molecule has 0 fully saturated rings. The number of hydrogen-bond donors (Lipinski definition) is 1. The molecule has 1 aromatic carbocycles. The molecule has 3 rings (SSSR count). The van der Waals surface area contributed by atoms with E-state index in [2.05, 4.69) is 15.5 Å². The van der Waals surface area contributed by atoms with E-state index in [-0.39, 0.29) is 11.2 Å². The maximum atomic E-state index is 12.3. The van der Waals surface area contributed by atoms with Gasteiger partial charge in [-0.1, -0.05) is 29.9 Å². The van der Waals surface area contributed by atoms with E-state index >= 15 is 0 Å². The van der Waals surface area contributed by atoms with E-state index in [1.807, 2.05) is 6.92 Å². The van der Waals surface area contributed by atoms with Crippen LogP contribution < -0.4 is 10.7 Å². The molecule has 2 heterocycles. The summed E-state index contributed by atoms with van der Waals surface area (Å²) >= 11 is 7.32. The summed E-state index contributed by atoms with van der Waals surface area (Å²) in [5, 5.41) is 12.5. The number of nitrogens with zero attached hydrogens (tertiary/aromatic N) is 3.